The van der Waals surface area contributed by atoms with Gasteiger partial charge >= 0.3 is 0 Å². The van der Waals surface area contributed by atoms with Crippen molar-refractivity contribution < 1.29 is 31.7 Å². The maximum atomic E-state index is 11.0. The van der Waals surface area contributed by atoms with Crippen molar-refractivity contribution in [1.82, 2.24) is 0 Å². The smallest absolute Gasteiger partial charge is 0.269 e. The van der Waals surface area contributed by atoms with E-state index in [2.05, 4.69) is 12.1 Å². The molecule has 7 heteroatoms. The highest BCUT2D eigenvalue weighted by Crippen LogP contribution is 2.25. The third-order valence-electron chi connectivity index (χ3n) is 6.68. The minimum Gasteiger partial charge on any atom is -1.00 e. The van der Waals surface area contributed by atoms with Crippen LogP contribution in [0.5, 0.6) is 5.75 Å². The summed E-state index contributed by atoms with van der Waals surface area (Å²) in [5.74, 6) is 0.747. The third-order valence-corrected chi connectivity index (χ3v) is 6.68. The fraction of sp³-hybridized carbons (Fsp3) is 0.357. The molecule has 35 heavy (non-hydrogen) atoms. The van der Waals surface area contributed by atoms with Gasteiger partial charge in [-0.2, -0.15) is 0 Å². The highest BCUT2D eigenvalue weighted by Gasteiger charge is 2.32. The number of ether oxygens (including phenoxy) is 1. The van der Waals surface area contributed by atoms with Gasteiger partial charge in [-0.3, -0.25) is 10.1 Å². The Balaban J connectivity index is 0.00000342. The Hall–Kier alpha value is -2.93. The number of nitro groups is 1. The van der Waals surface area contributed by atoms with Crippen LogP contribution in [0.15, 0.2) is 78.9 Å². The maximum absolute atomic E-state index is 11.0. The van der Waals surface area contributed by atoms with E-state index in [0.717, 1.165) is 59.4 Å². The van der Waals surface area contributed by atoms with Gasteiger partial charge in [-0.15, -0.1) is 0 Å². The molecule has 1 aliphatic rings. The van der Waals surface area contributed by atoms with E-state index < -0.39 is 6.10 Å². The van der Waals surface area contributed by atoms with Gasteiger partial charge in [0.2, 0.25) is 0 Å². The van der Waals surface area contributed by atoms with Crippen LogP contribution in [-0.4, -0.2) is 46.9 Å². The summed E-state index contributed by atoms with van der Waals surface area (Å²) >= 11 is 0. The normalized spacial score (nSPS) is 15.9. The van der Waals surface area contributed by atoms with Crippen molar-refractivity contribution in [3.63, 3.8) is 0 Å². The minimum absolute atomic E-state index is 0. The lowest BCUT2D eigenvalue weighted by Gasteiger charge is -2.39. The van der Waals surface area contributed by atoms with Gasteiger partial charge in [0.1, 0.15) is 31.5 Å². The lowest BCUT2D eigenvalue weighted by Crippen LogP contribution is -3.00. The Morgan fingerprint density at radius 1 is 0.857 bits per heavy atom. The fourth-order valence-electron chi connectivity index (χ4n) is 4.94. The van der Waals surface area contributed by atoms with E-state index in [-0.39, 0.29) is 29.6 Å². The first kappa shape index (κ1) is 26.7. The van der Waals surface area contributed by atoms with Gasteiger partial charge in [-0.25, -0.2) is 0 Å². The van der Waals surface area contributed by atoms with Gasteiger partial charge in [-0.05, 0) is 61.1 Å². The van der Waals surface area contributed by atoms with E-state index in [1.165, 1.54) is 12.8 Å². The van der Waals surface area contributed by atoms with Crippen LogP contribution in [0.1, 0.15) is 31.2 Å². The second kappa shape index (κ2) is 12.7. The highest BCUT2D eigenvalue weighted by molar-refractivity contribution is 5.63. The summed E-state index contributed by atoms with van der Waals surface area (Å²) in [5.41, 5.74) is 3.47. The van der Waals surface area contributed by atoms with Crippen LogP contribution in [0.25, 0.3) is 11.1 Å². The molecule has 0 aliphatic carbocycles. The monoisotopic (exact) mass is 496 g/mol. The molecule has 0 bridgehead atoms. The molecule has 0 radical (unpaired) electrons. The van der Waals surface area contributed by atoms with Crippen molar-refractivity contribution in [3.05, 3.63) is 94.5 Å². The van der Waals surface area contributed by atoms with Crippen LogP contribution in [0.4, 0.5) is 5.69 Å². The molecule has 6 nitrogen and oxygen atoms in total. The summed E-state index contributed by atoms with van der Waals surface area (Å²) in [6.07, 6.45) is 4.08. The summed E-state index contributed by atoms with van der Waals surface area (Å²) in [5, 5.41) is 21.9. The van der Waals surface area contributed by atoms with Gasteiger partial charge in [0, 0.05) is 17.7 Å². The van der Waals surface area contributed by atoms with E-state index in [9.17, 15) is 15.2 Å². The molecule has 3 aromatic rings. The lowest BCUT2D eigenvalue weighted by molar-refractivity contribution is -0.942. The summed E-state index contributed by atoms with van der Waals surface area (Å²) in [6, 6.07) is 25.0. The Labute approximate surface area is 213 Å². The van der Waals surface area contributed by atoms with Gasteiger partial charge < -0.3 is 26.7 Å². The van der Waals surface area contributed by atoms with Gasteiger partial charge in [0.15, 0.2) is 0 Å². The number of halogens is 1. The first-order chi connectivity index (χ1) is 16.5. The van der Waals surface area contributed by atoms with Crippen molar-refractivity contribution in [2.75, 3.05) is 26.2 Å². The zero-order valence-electron chi connectivity index (χ0n) is 19.9. The maximum Gasteiger partial charge on any atom is 0.269 e. The minimum atomic E-state index is -0.593. The van der Waals surface area contributed by atoms with Crippen molar-refractivity contribution in [3.8, 4) is 16.9 Å². The van der Waals surface area contributed by atoms with E-state index in [0.29, 0.717) is 6.54 Å². The molecule has 0 saturated carbocycles. The zero-order chi connectivity index (χ0) is 23.8. The number of nitro benzene ring substituents is 1. The highest BCUT2D eigenvalue weighted by atomic mass is 35.5. The van der Waals surface area contributed by atoms with Crippen LogP contribution in [0, 0.1) is 10.1 Å². The number of aliphatic hydroxyl groups excluding tert-OH is 1. The second-order valence-electron chi connectivity index (χ2n) is 9.32. The van der Waals surface area contributed by atoms with E-state index in [1.807, 2.05) is 54.6 Å². The predicted octanol–water partition coefficient (Wildman–Crippen LogP) is 2.60. The van der Waals surface area contributed by atoms with Crippen molar-refractivity contribution in [1.29, 1.82) is 0 Å². The molecule has 1 heterocycles. The Morgan fingerprint density at radius 2 is 1.46 bits per heavy atom. The molecule has 1 saturated heterocycles. The largest absolute Gasteiger partial charge is 1.00 e. The van der Waals surface area contributed by atoms with Crippen LogP contribution < -0.4 is 17.1 Å². The number of non-ortho nitro benzene ring substituents is 1. The van der Waals surface area contributed by atoms with Crippen molar-refractivity contribution in [2.24, 2.45) is 0 Å². The summed E-state index contributed by atoms with van der Waals surface area (Å²) in [6.45, 7) is 3.62. The quantitative estimate of drug-likeness (QED) is 0.281. The van der Waals surface area contributed by atoms with Crippen LogP contribution in [0.2, 0.25) is 0 Å². The summed E-state index contributed by atoms with van der Waals surface area (Å²) in [7, 11) is 0. The lowest BCUT2D eigenvalue weighted by atomic mass is 10.1. The first-order valence-electron chi connectivity index (χ1n) is 12.1. The molecule has 1 fully saturated rings. The SMILES string of the molecule is O=[N+]([O-])c1ccc(C[N+]2(CC(O)COc3ccc(-c4ccccc4)cc3)CCCCCC2)cc1.[Cl-]. The average Bonchev–Trinajstić information content (AvgIpc) is 3.09. The van der Waals surface area contributed by atoms with Crippen molar-refractivity contribution >= 4 is 5.69 Å². The number of rotatable bonds is 9. The Morgan fingerprint density at radius 3 is 2.06 bits per heavy atom. The zero-order valence-corrected chi connectivity index (χ0v) is 20.6. The average molecular weight is 497 g/mol. The van der Waals surface area contributed by atoms with E-state index >= 15 is 0 Å². The fourth-order valence-corrected chi connectivity index (χ4v) is 4.94. The number of aliphatic hydroxyl groups is 1. The van der Waals surface area contributed by atoms with Crippen LogP contribution in [0.3, 0.4) is 0 Å². The topological polar surface area (TPSA) is 72.6 Å². The van der Waals surface area contributed by atoms with Crippen LogP contribution in [-0.2, 0) is 6.54 Å². The molecule has 1 unspecified atom stereocenters. The van der Waals surface area contributed by atoms with Crippen LogP contribution >= 0.6 is 0 Å². The molecule has 4 rings (SSSR count). The standard InChI is InChI=1S/C28H33N2O4.ClH/c31-27(22-34-28-16-12-25(13-17-28)24-8-4-3-5-9-24)21-30(18-6-1-2-7-19-30)20-23-10-14-26(15-11-23)29(32)33;/h3-5,8-17,27,31H,1-2,6-7,18-22H2;1H/q+1;/p-1. The van der Waals surface area contributed by atoms with E-state index in [1.54, 1.807) is 12.1 Å². The molecule has 1 N–H and O–H groups in total. The molecular weight excluding hydrogens is 464 g/mol. The Bertz CT molecular complexity index is 1050. The molecule has 3 aromatic carbocycles. The first-order valence-corrected chi connectivity index (χ1v) is 12.1. The number of likely N-dealkylation sites (tertiary alicyclic amines) is 1. The number of benzene rings is 3. The number of hydrogen-bond donors (Lipinski definition) is 1. The van der Waals surface area contributed by atoms with Gasteiger partial charge in [-0.1, -0.05) is 42.5 Å². The summed E-state index contributed by atoms with van der Waals surface area (Å²) in [4.78, 5) is 10.6. The number of hydrogen-bond acceptors (Lipinski definition) is 4. The van der Waals surface area contributed by atoms with Crippen molar-refractivity contribution in [2.45, 2.75) is 38.3 Å². The van der Waals surface area contributed by atoms with E-state index in [4.69, 9.17) is 4.74 Å². The third kappa shape index (κ3) is 7.52. The molecule has 0 aromatic heterocycles. The number of quaternary nitrogens is 1. The molecule has 1 atom stereocenters. The van der Waals surface area contributed by atoms with Gasteiger partial charge in [0.05, 0.1) is 18.0 Å². The molecule has 0 spiro atoms. The Kier molecular flexibility index (Phi) is 9.66. The second-order valence-corrected chi connectivity index (χ2v) is 9.32. The molecule has 186 valence electrons. The van der Waals surface area contributed by atoms with Gasteiger partial charge in [0.25, 0.3) is 5.69 Å². The molecule has 0 amide bonds. The molecule has 1 aliphatic heterocycles. The molecular formula is C28H33ClN2O4. The number of nitrogens with zero attached hydrogens (tertiary/aromatic N) is 2. The summed E-state index contributed by atoms with van der Waals surface area (Å²) < 4.78 is 6.72. The predicted molar refractivity (Wildman–Crippen MR) is 134 cm³/mol.